The van der Waals surface area contributed by atoms with Crippen molar-refractivity contribution in [2.45, 2.75) is 47.1 Å². The Balaban J connectivity index is 1.62. The average molecular weight is 510 g/mol. The van der Waals surface area contributed by atoms with E-state index >= 15 is 0 Å². The van der Waals surface area contributed by atoms with E-state index in [1.165, 1.54) is 4.90 Å². The van der Waals surface area contributed by atoms with Crippen molar-refractivity contribution in [2.24, 2.45) is 0 Å². The molecule has 4 aromatic rings. The molecule has 0 fully saturated rings. The van der Waals surface area contributed by atoms with Crippen LogP contribution in [0.25, 0.3) is 16.8 Å². The zero-order valence-corrected chi connectivity index (χ0v) is 22.7. The van der Waals surface area contributed by atoms with E-state index in [-0.39, 0.29) is 24.5 Å². The highest BCUT2D eigenvalue weighted by atomic mass is 16.2. The number of nitrogens with one attached hydrogen (secondary N) is 2. The smallest absolute Gasteiger partial charge is 0.313 e. The third-order valence-electron chi connectivity index (χ3n) is 6.44. The van der Waals surface area contributed by atoms with E-state index in [1.807, 2.05) is 107 Å². The second-order valence-corrected chi connectivity index (χ2v) is 9.68. The fourth-order valence-electron chi connectivity index (χ4n) is 4.35. The van der Waals surface area contributed by atoms with Crippen LogP contribution in [0.1, 0.15) is 37.6 Å². The first-order valence-corrected chi connectivity index (χ1v) is 12.9. The number of hydrogen-bond donors (Lipinski definition) is 2. The number of aromatic nitrogens is 2. The van der Waals surface area contributed by atoms with Crippen LogP contribution in [0.5, 0.6) is 0 Å². The lowest BCUT2D eigenvalue weighted by Gasteiger charge is -2.26. The number of rotatable bonds is 8. The molecule has 0 aliphatic rings. The van der Waals surface area contributed by atoms with Crippen molar-refractivity contribution in [1.82, 2.24) is 14.7 Å². The van der Waals surface area contributed by atoms with E-state index in [2.05, 4.69) is 17.6 Å². The van der Waals surface area contributed by atoms with Crippen molar-refractivity contribution in [3.05, 3.63) is 95.7 Å². The quantitative estimate of drug-likeness (QED) is 0.281. The summed E-state index contributed by atoms with van der Waals surface area (Å²) in [6, 6.07) is 25.1. The molecule has 7 heteroatoms. The van der Waals surface area contributed by atoms with Crippen LogP contribution in [0.15, 0.2) is 78.9 Å². The minimum Gasteiger partial charge on any atom is -0.313 e. The zero-order chi connectivity index (χ0) is 27.2. The highest BCUT2D eigenvalue weighted by molar-refractivity contribution is 5.99. The van der Waals surface area contributed by atoms with Gasteiger partial charge in [0.1, 0.15) is 12.4 Å². The van der Waals surface area contributed by atoms with E-state index < -0.39 is 0 Å². The van der Waals surface area contributed by atoms with Crippen LogP contribution in [-0.2, 0) is 11.2 Å². The molecule has 7 nitrogen and oxygen atoms in total. The Labute approximate surface area is 224 Å². The Kier molecular flexibility index (Phi) is 8.26. The number of carbonyl (C=O) groups is 2. The minimum atomic E-state index is -0.324. The third-order valence-corrected chi connectivity index (χ3v) is 6.44. The monoisotopic (exact) mass is 509 g/mol. The predicted octanol–water partition coefficient (Wildman–Crippen LogP) is 6.60. The van der Waals surface area contributed by atoms with Gasteiger partial charge in [0, 0.05) is 17.3 Å². The molecule has 0 aliphatic carbocycles. The van der Waals surface area contributed by atoms with Crippen molar-refractivity contribution in [1.29, 1.82) is 0 Å². The summed E-state index contributed by atoms with van der Waals surface area (Å²) < 4.78 is 1.75. The second kappa shape index (κ2) is 11.8. The van der Waals surface area contributed by atoms with E-state index in [4.69, 9.17) is 5.10 Å². The van der Waals surface area contributed by atoms with E-state index in [9.17, 15) is 9.59 Å². The first kappa shape index (κ1) is 26.7. The van der Waals surface area contributed by atoms with Crippen molar-refractivity contribution < 1.29 is 9.59 Å². The molecule has 0 atom stereocenters. The Morgan fingerprint density at radius 1 is 0.921 bits per heavy atom. The number of hydrogen-bond acceptors (Lipinski definition) is 3. The largest absolute Gasteiger partial charge is 0.322 e. The highest BCUT2D eigenvalue weighted by Gasteiger charge is 2.24. The number of benzene rings is 3. The number of amides is 3. The lowest BCUT2D eigenvalue weighted by atomic mass is 10.1. The molecule has 2 N–H and O–H groups in total. The molecular weight excluding hydrogens is 474 g/mol. The van der Waals surface area contributed by atoms with Gasteiger partial charge in [-0.05, 0) is 69.5 Å². The molecule has 0 saturated heterocycles. The van der Waals surface area contributed by atoms with Gasteiger partial charge in [0.2, 0.25) is 5.91 Å². The van der Waals surface area contributed by atoms with Gasteiger partial charge in [0.25, 0.3) is 0 Å². The van der Waals surface area contributed by atoms with Gasteiger partial charge >= 0.3 is 6.03 Å². The summed E-state index contributed by atoms with van der Waals surface area (Å²) in [5, 5.41) is 10.8. The van der Waals surface area contributed by atoms with Gasteiger partial charge in [-0.2, -0.15) is 5.10 Å². The number of urea groups is 1. The van der Waals surface area contributed by atoms with Crippen molar-refractivity contribution in [2.75, 3.05) is 17.2 Å². The van der Waals surface area contributed by atoms with Crippen molar-refractivity contribution in [3.63, 3.8) is 0 Å². The molecule has 0 radical (unpaired) electrons. The van der Waals surface area contributed by atoms with E-state index in [0.717, 1.165) is 40.1 Å². The second-order valence-electron chi connectivity index (χ2n) is 9.68. The molecule has 1 aromatic heterocycles. The molecule has 0 unspecified atom stereocenters. The molecule has 3 amide bonds. The van der Waals surface area contributed by atoms with Gasteiger partial charge in [-0.3, -0.25) is 4.79 Å². The first-order valence-electron chi connectivity index (χ1n) is 12.9. The fraction of sp³-hybridized carbons (Fsp3) is 0.258. The van der Waals surface area contributed by atoms with Crippen LogP contribution in [-0.4, -0.2) is 39.2 Å². The Morgan fingerprint density at radius 3 is 2.29 bits per heavy atom. The molecule has 3 aromatic carbocycles. The maximum Gasteiger partial charge on any atom is 0.322 e. The molecule has 1 heterocycles. The SMILES string of the molecule is CCc1cccc(NC(=O)N(CC(=O)Nc2c(-c3ccccc3)c(C)nn2-c2ccc(C)cc2)C(C)C)c1. The van der Waals surface area contributed by atoms with Crippen LogP contribution in [0, 0.1) is 13.8 Å². The molecule has 0 saturated carbocycles. The lowest BCUT2D eigenvalue weighted by Crippen LogP contribution is -2.44. The fourth-order valence-corrected chi connectivity index (χ4v) is 4.35. The van der Waals surface area contributed by atoms with Crippen LogP contribution < -0.4 is 10.6 Å². The first-order chi connectivity index (χ1) is 18.3. The Bertz CT molecular complexity index is 1410. The average Bonchev–Trinajstić information content (AvgIpc) is 3.23. The van der Waals surface area contributed by atoms with E-state index in [0.29, 0.717) is 11.5 Å². The molecule has 196 valence electrons. The van der Waals surface area contributed by atoms with Gasteiger partial charge < -0.3 is 15.5 Å². The molecule has 4 rings (SSSR count). The summed E-state index contributed by atoms with van der Waals surface area (Å²) >= 11 is 0. The summed E-state index contributed by atoms with van der Waals surface area (Å²) in [5.41, 5.74) is 6.40. The Morgan fingerprint density at radius 2 is 1.63 bits per heavy atom. The van der Waals surface area contributed by atoms with Gasteiger partial charge in [0.05, 0.1) is 11.4 Å². The minimum absolute atomic E-state index is 0.108. The summed E-state index contributed by atoms with van der Waals surface area (Å²) in [4.78, 5) is 28.1. The summed E-state index contributed by atoms with van der Waals surface area (Å²) in [5.74, 6) is 0.268. The third kappa shape index (κ3) is 6.11. The maximum absolute atomic E-state index is 13.4. The highest BCUT2D eigenvalue weighted by Crippen LogP contribution is 2.33. The normalized spacial score (nSPS) is 10.9. The summed E-state index contributed by atoms with van der Waals surface area (Å²) in [7, 11) is 0. The van der Waals surface area contributed by atoms with E-state index in [1.54, 1.807) is 4.68 Å². The predicted molar refractivity (Wildman–Crippen MR) is 154 cm³/mol. The molecule has 0 aliphatic heterocycles. The molecule has 38 heavy (non-hydrogen) atoms. The summed E-state index contributed by atoms with van der Waals surface area (Å²) in [6.45, 7) is 9.71. The number of anilines is 2. The van der Waals surface area contributed by atoms with Crippen molar-refractivity contribution in [3.8, 4) is 16.8 Å². The summed E-state index contributed by atoms with van der Waals surface area (Å²) in [6.07, 6.45) is 0.873. The molecular formula is C31H35N5O2. The van der Waals surface area contributed by atoms with Crippen LogP contribution in [0.2, 0.25) is 0 Å². The van der Waals surface area contributed by atoms with Gasteiger partial charge in [-0.15, -0.1) is 0 Å². The van der Waals surface area contributed by atoms with Crippen LogP contribution in [0.4, 0.5) is 16.3 Å². The standard InChI is InChI=1S/C31H35N5O2/c1-6-24-11-10-14-26(19-24)32-31(38)35(21(2)3)20-28(37)33-30-29(25-12-8-7-9-13-25)23(5)34-36(30)27-17-15-22(4)16-18-27/h7-19,21H,6,20H2,1-5H3,(H,32,38)(H,33,37). The zero-order valence-electron chi connectivity index (χ0n) is 22.7. The topological polar surface area (TPSA) is 79.3 Å². The van der Waals surface area contributed by atoms with Gasteiger partial charge in [0.15, 0.2) is 0 Å². The van der Waals surface area contributed by atoms with Crippen molar-refractivity contribution >= 4 is 23.4 Å². The number of carbonyl (C=O) groups excluding carboxylic acids is 2. The number of aryl methyl sites for hydroxylation is 3. The van der Waals surface area contributed by atoms with Crippen LogP contribution in [0.3, 0.4) is 0 Å². The molecule has 0 spiro atoms. The Hall–Kier alpha value is -4.39. The number of nitrogens with zero attached hydrogens (tertiary/aromatic N) is 3. The van der Waals surface area contributed by atoms with Gasteiger partial charge in [-0.25, -0.2) is 9.48 Å². The van der Waals surface area contributed by atoms with Crippen LogP contribution >= 0.6 is 0 Å². The molecule has 0 bridgehead atoms. The maximum atomic E-state index is 13.4. The van der Waals surface area contributed by atoms with Gasteiger partial charge in [-0.1, -0.05) is 67.1 Å². The lowest BCUT2D eigenvalue weighted by molar-refractivity contribution is -0.117.